The van der Waals surface area contributed by atoms with Crippen LogP contribution in [0.4, 0.5) is 18.9 Å². The monoisotopic (exact) mass is 490 g/mol. The molecule has 32 heavy (non-hydrogen) atoms. The van der Waals surface area contributed by atoms with E-state index >= 15 is 0 Å². The number of alkyl halides is 3. The second kappa shape index (κ2) is 8.47. The maximum absolute atomic E-state index is 13.2. The van der Waals surface area contributed by atoms with Crippen LogP contribution in [0, 0.1) is 0 Å². The average molecular weight is 491 g/mol. The number of hydrogen-bond acceptors (Lipinski definition) is 4. The van der Waals surface area contributed by atoms with Crippen LogP contribution in [0.15, 0.2) is 42.5 Å². The van der Waals surface area contributed by atoms with E-state index in [4.69, 9.17) is 16.3 Å². The third-order valence-electron chi connectivity index (χ3n) is 4.94. The lowest BCUT2D eigenvalue weighted by Crippen LogP contribution is -2.45. The van der Waals surface area contributed by atoms with Gasteiger partial charge in [0.1, 0.15) is 17.9 Å². The Balaban J connectivity index is 1.88. The van der Waals surface area contributed by atoms with E-state index < -0.39 is 50.9 Å². The van der Waals surface area contributed by atoms with Crippen LogP contribution in [0.3, 0.4) is 0 Å². The third-order valence-corrected chi connectivity index (χ3v) is 6.41. The number of carbonyl (C=O) groups excluding carboxylic acids is 1. The summed E-state index contributed by atoms with van der Waals surface area (Å²) in [5.41, 5.74) is -1.35. The zero-order valence-electron chi connectivity index (χ0n) is 17.5. The van der Waals surface area contributed by atoms with Gasteiger partial charge in [0.2, 0.25) is 15.9 Å². The number of carbonyl (C=O) groups is 1. The number of hydrogen-bond donors (Lipinski definition) is 1. The highest BCUT2D eigenvalue weighted by Gasteiger charge is 2.36. The molecule has 0 saturated heterocycles. The predicted molar refractivity (Wildman–Crippen MR) is 115 cm³/mol. The molecular weight excluding hydrogens is 469 g/mol. The molecule has 0 bridgehead atoms. The molecule has 2 aromatic rings. The van der Waals surface area contributed by atoms with Crippen molar-refractivity contribution in [3.05, 3.63) is 58.6 Å². The van der Waals surface area contributed by atoms with Crippen LogP contribution in [0.1, 0.15) is 37.4 Å². The van der Waals surface area contributed by atoms with Crippen molar-refractivity contribution in [3.8, 4) is 5.75 Å². The summed E-state index contributed by atoms with van der Waals surface area (Å²) >= 11 is 5.63. The summed E-state index contributed by atoms with van der Waals surface area (Å²) in [5.74, 6) is -0.0713. The lowest BCUT2D eigenvalue weighted by Gasteiger charge is -2.38. The van der Waals surface area contributed by atoms with Crippen molar-refractivity contribution in [2.24, 2.45) is 0 Å². The molecule has 0 saturated carbocycles. The summed E-state index contributed by atoms with van der Waals surface area (Å²) in [4.78, 5) is 12.8. The van der Waals surface area contributed by atoms with Crippen LogP contribution < -0.4 is 14.4 Å². The summed E-state index contributed by atoms with van der Waals surface area (Å²) < 4.78 is 70.9. The summed E-state index contributed by atoms with van der Waals surface area (Å²) in [6.07, 6.45) is -3.54. The van der Waals surface area contributed by atoms with Crippen molar-refractivity contribution in [3.63, 3.8) is 0 Å². The molecule has 3 rings (SSSR count). The summed E-state index contributed by atoms with van der Waals surface area (Å²) in [7, 11) is -4.07. The van der Waals surface area contributed by atoms with Gasteiger partial charge in [-0.1, -0.05) is 29.8 Å². The largest absolute Gasteiger partial charge is 0.487 e. The second-order valence-corrected chi connectivity index (χ2v) is 10.5. The minimum Gasteiger partial charge on any atom is -0.487 e. The van der Waals surface area contributed by atoms with E-state index in [0.29, 0.717) is 22.5 Å². The van der Waals surface area contributed by atoms with Crippen molar-refractivity contribution in [2.45, 2.75) is 38.1 Å². The Morgan fingerprint density at radius 2 is 1.91 bits per heavy atom. The number of halogens is 4. The fraction of sp³-hybridized carbons (Fsp3) is 0.381. The molecule has 1 atom stereocenters. The molecule has 11 heteroatoms. The van der Waals surface area contributed by atoms with Crippen molar-refractivity contribution >= 4 is 33.2 Å². The zero-order chi connectivity index (χ0) is 23.9. The number of anilines is 1. The smallest absolute Gasteiger partial charge is 0.417 e. The lowest BCUT2D eigenvalue weighted by molar-refractivity contribution is -0.137. The number of para-hydroxylation sites is 1. The molecular formula is C21H22ClF3N2O4S. The number of fused-ring (bicyclic) bond motifs is 1. The fourth-order valence-electron chi connectivity index (χ4n) is 3.59. The zero-order valence-corrected chi connectivity index (χ0v) is 19.1. The Morgan fingerprint density at radius 1 is 1.25 bits per heavy atom. The van der Waals surface area contributed by atoms with Crippen molar-refractivity contribution in [2.75, 3.05) is 17.1 Å². The Hall–Kier alpha value is -2.46. The van der Waals surface area contributed by atoms with Gasteiger partial charge in [-0.3, -0.25) is 9.10 Å². The standard InChI is InChI=1S/C21H22ClF3N2O4S/c1-20(2)11-17(14-6-4-5-7-18(14)31-20)26-19(28)12-27(32(3,29)30)13-8-9-16(22)15(10-13)21(23,24)25/h4-10,17H,11-12H2,1-3H3,(H,26,28). The van der Waals surface area contributed by atoms with Crippen LogP contribution in [-0.4, -0.2) is 32.7 Å². The molecule has 1 unspecified atom stereocenters. The van der Waals surface area contributed by atoms with E-state index in [0.717, 1.165) is 24.0 Å². The average Bonchev–Trinajstić information content (AvgIpc) is 2.64. The van der Waals surface area contributed by atoms with Crippen LogP contribution >= 0.6 is 11.6 Å². The molecule has 0 aromatic heterocycles. The second-order valence-electron chi connectivity index (χ2n) is 8.16. The van der Waals surface area contributed by atoms with Gasteiger partial charge in [0.25, 0.3) is 0 Å². The Bertz CT molecular complexity index is 1140. The molecule has 0 spiro atoms. The molecule has 174 valence electrons. The van der Waals surface area contributed by atoms with E-state index in [1.54, 1.807) is 24.3 Å². The van der Waals surface area contributed by atoms with Gasteiger partial charge in [-0.25, -0.2) is 8.42 Å². The number of nitrogens with one attached hydrogen (secondary N) is 1. The number of nitrogens with zero attached hydrogens (tertiary/aromatic N) is 1. The van der Waals surface area contributed by atoms with Gasteiger partial charge in [-0.2, -0.15) is 13.2 Å². The Morgan fingerprint density at radius 3 is 2.53 bits per heavy atom. The highest BCUT2D eigenvalue weighted by atomic mass is 35.5. The summed E-state index contributed by atoms with van der Waals surface area (Å²) in [5, 5.41) is 2.22. The van der Waals surface area contributed by atoms with Crippen molar-refractivity contribution < 1.29 is 31.1 Å². The molecule has 0 fully saturated rings. The molecule has 1 amide bonds. The molecule has 0 aliphatic carbocycles. The first kappa shape index (κ1) is 24.2. The van der Waals surface area contributed by atoms with Gasteiger partial charge >= 0.3 is 6.18 Å². The Labute approximate surface area is 189 Å². The number of ether oxygens (including phenoxy) is 1. The first-order valence-electron chi connectivity index (χ1n) is 9.59. The number of amides is 1. The van der Waals surface area contributed by atoms with Gasteiger partial charge in [0, 0.05) is 12.0 Å². The van der Waals surface area contributed by atoms with E-state index in [1.807, 2.05) is 13.8 Å². The summed E-state index contributed by atoms with van der Waals surface area (Å²) in [6, 6.07) is 9.37. The van der Waals surface area contributed by atoms with Gasteiger partial charge in [-0.15, -0.1) is 0 Å². The maximum atomic E-state index is 13.2. The fourth-order valence-corrected chi connectivity index (χ4v) is 4.66. The minimum atomic E-state index is -4.78. The van der Waals surface area contributed by atoms with Gasteiger partial charge in [0.05, 0.1) is 28.6 Å². The highest BCUT2D eigenvalue weighted by Crippen LogP contribution is 2.40. The molecule has 1 aliphatic heterocycles. The molecule has 2 aromatic carbocycles. The minimum absolute atomic E-state index is 0.313. The van der Waals surface area contributed by atoms with Gasteiger partial charge in [-0.05, 0) is 38.1 Å². The van der Waals surface area contributed by atoms with Crippen molar-refractivity contribution in [1.82, 2.24) is 5.32 Å². The van der Waals surface area contributed by atoms with Crippen LogP contribution in [0.2, 0.25) is 5.02 Å². The quantitative estimate of drug-likeness (QED) is 0.667. The van der Waals surface area contributed by atoms with E-state index in [2.05, 4.69) is 5.32 Å². The molecule has 1 aliphatic rings. The van der Waals surface area contributed by atoms with Gasteiger partial charge < -0.3 is 10.1 Å². The number of benzene rings is 2. The molecule has 0 radical (unpaired) electrons. The lowest BCUT2D eigenvalue weighted by atomic mass is 9.89. The predicted octanol–water partition coefficient (Wildman–Crippen LogP) is 4.54. The topological polar surface area (TPSA) is 75.7 Å². The normalized spacial score (nSPS) is 17.8. The first-order chi connectivity index (χ1) is 14.7. The highest BCUT2D eigenvalue weighted by molar-refractivity contribution is 7.92. The van der Waals surface area contributed by atoms with Crippen LogP contribution in [-0.2, 0) is 21.0 Å². The first-order valence-corrected chi connectivity index (χ1v) is 11.8. The molecule has 1 N–H and O–H groups in total. The van der Waals surface area contributed by atoms with E-state index in [1.165, 1.54) is 0 Å². The molecule has 6 nitrogen and oxygen atoms in total. The third kappa shape index (κ3) is 5.47. The maximum Gasteiger partial charge on any atom is 0.417 e. The SMILES string of the molecule is CC1(C)CC(NC(=O)CN(c2ccc(Cl)c(C(F)(F)F)c2)S(C)(=O)=O)c2ccccc2O1. The van der Waals surface area contributed by atoms with Crippen molar-refractivity contribution in [1.29, 1.82) is 0 Å². The van der Waals surface area contributed by atoms with E-state index in [9.17, 15) is 26.4 Å². The van der Waals surface area contributed by atoms with Crippen LogP contribution in [0.25, 0.3) is 0 Å². The summed E-state index contributed by atoms with van der Waals surface area (Å²) in [6.45, 7) is 3.02. The number of rotatable bonds is 5. The van der Waals surface area contributed by atoms with Gasteiger partial charge in [0.15, 0.2) is 0 Å². The Kier molecular flexibility index (Phi) is 6.41. The number of sulfonamides is 1. The molecule has 1 heterocycles. The van der Waals surface area contributed by atoms with E-state index in [-0.39, 0.29) is 5.69 Å². The van der Waals surface area contributed by atoms with Crippen LogP contribution in [0.5, 0.6) is 5.75 Å².